The van der Waals surface area contributed by atoms with Gasteiger partial charge in [-0.1, -0.05) is 32.0 Å². The molecule has 8 heteroatoms. The van der Waals surface area contributed by atoms with Crippen LogP contribution in [0.4, 0.5) is 17.1 Å². The Morgan fingerprint density at radius 1 is 0.929 bits per heavy atom. The van der Waals surface area contributed by atoms with Gasteiger partial charge in [0.1, 0.15) is 0 Å². The normalized spacial score (nSPS) is 11.3. The first-order chi connectivity index (χ1) is 13.4. The van der Waals surface area contributed by atoms with E-state index in [2.05, 4.69) is 16.0 Å². The molecule has 0 heterocycles. The van der Waals surface area contributed by atoms with E-state index >= 15 is 0 Å². The molecule has 0 saturated carbocycles. The number of para-hydroxylation sites is 1. The standard InChI is InChI=1S/C20H28N4O3S/c1-4-21-18-13-12-17(28(26,27)24(5-2)6-3)14-19(18)22-15-20(25)23-16-10-8-7-9-11-16/h7-14,21-22H,4-6,15H2,1-3H3,(H,23,25). The summed E-state index contributed by atoms with van der Waals surface area (Å²) < 4.78 is 27.0. The molecule has 0 aliphatic carbocycles. The molecule has 0 radical (unpaired) electrons. The zero-order valence-corrected chi connectivity index (χ0v) is 17.3. The van der Waals surface area contributed by atoms with Gasteiger partial charge in [-0.2, -0.15) is 4.31 Å². The minimum absolute atomic E-state index is 0.0159. The van der Waals surface area contributed by atoms with Crippen LogP contribution in [0.25, 0.3) is 0 Å². The molecule has 0 spiro atoms. The number of anilines is 3. The van der Waals surface area contributed by atoms with Gasteiger partial charge in [0.05, 0.1) is 22.8 Å². The van der Waals surface area contributed by atoms with Crippen LogP contribution < -0.4 is 16.0 Å². The number of nitrogens with zero attached hydrogens (tertiary/aromatic N) is 1. The third-order valence-electron chi connectivity index (χ3n) is 4.20. The molecule has 0 aromatic heterocycles. The van der Waals surface area contributed by atoms with Crippen molar-refractivity contribution in [3.8, 4) is 0 Å². The van der Waals surface area contributed by atoms with E-state index in [1.165, 1.54) is 4.31 Å². The van der Waals surface area contributed by atoms with Crippen molar-refractivity contribution < 1.29 is 13.2 Å². The Labute approximate surface area is 167 Å². The maximum absolute atomic E-state index is 12.8. The number of hydrogen-bond donors (Lipinski definition) is 3. The molecule has 0 unspecified atom stereocenters. The largest absolute Gasteiger partial charge is 0.384 e. The smallest absolute Gasteiger partial charge is 0.243 e. The fourth-order valence-corrected chi connectivity index (χ4v) is 4.27. The van der Waals surface area contributed by atoms with Crippen LogP contribution in [0.15, 0.2) is 53.4 Å². The lowest BCUT2D eigenvalue weighted by atomic mass is 10.2. The van der Waals surface area contributed by atoms with Crippen LogP contribution in [0.5, 0.6) is 0 Å². The van der Waals surface area contributed by atoms with Crippen molar-refractivity contribution in [2.24, 2.45) is 0 Å². The highest BCUT2D eigenvalue weighted by Crippen LogP contribution is 2.27. The van der Waals surface area contributed by atoms with Crippen molar-refractivity contribution in [1.82, 2.24) is 4.31 Å². The van der Waals surface area contributed by atoms with Gasteiger partial charge in [-0.3, -0.25) is 4.79 Å². The minimum Gasteiger partial charge on any atom is -0.384 e. The predicted octanol–water partition coefficient (Wildman–Crippen LogP) is 3.20. The summed E-state index contributed by atoms with van der Waals surface area (Å²) in [7, 11) is -3.58. The molecule has 0 aliphatic rings. The first-order valence-corrected chi connectivity index (χ1v) is 10.8. The Balaban J connectivity index is 2.20. The summed E-state index contributed by atoms with van der Waals surface area (Å²) in [5.74, 6) is -0.217. The number of carbonyl (C=O) groups is 1. The molecular weight excluding hydrogens is 376 g/mol. The average molecular weight is 405 g/mol. The second-order valence-corrected chi connectivity index (χ2v) is 8.03. The van der Waals surface area contributed by atoms with Gasteiger partial charge in [0.2, 0.25) is 15.9 Å². The Morgan fingerprint density at radius 3 is 2.21 bits per heavy atom. The summed E-state index contributed by atoms with van der Waals surface area (Å²) in [6, 6.07) is 14.0. The van der Waals surface area contributed by atoms with E-state index in [0.29, 0.717) is 31.0 Å². The molecule has 152 valence electrons. The number of benzene rings is 2. The lowest BCUT2D eigenvalue weighted by Crippen LogP contribution is -2.30. The zero-order valence-electron chi connectivity index (χ0n) is 16.5. The summed E-state index contributed by atoms with van der Waals surface area (Å²) in [6.07, 6.45) is 0. The molecule has 0 aliphatic heterocycles. The van der Waals surface area contributed by atoms with Crippen molar-refractivity contribution in [2.75, 3.05) is 42.1 Å². The SMILES string of the molecule is CCNc1ccc(S(=O)(=O)N(CC)CC)cc1NCC(=O)Nc1ccccc1. The fourth-order valence-electron chi connectivity index (χ4n) is 2.79. The van der Waals surface area contributed by atoms with Gasteiger partial charge in [0.15, 0.2) is 0 Å². The molecule has 0 fully saturated rings. The lowest BCUT2D eigenvalue weighted by Gasteiger charge is -2.20. The predicted molar refractivity (Wildman–Crippen MR) is 114 cm³/mol. The Hall–Kier alpha value is -2.58. The Bertz CT molecular complexity index is 882. The maximum Gasteiger partial charge on any atom is 0.243 e. The minimum atomic E-state index is -3.58. The lowest BCUT2D eigenvalue weighted by molar-refractivity contribution is -0.114. The number of amides is 1. The van der Waals surface area contributed by atoms with E-state index in [1.807, 2.05) is 25.1 Å². The molecule has 1 amide bonds. The van der Waals surface area contributed by atoms with Crippen LogP contribution in [0.1, 0.15) is 20.8 Å². The molecule has 28 heavy (non-hydrogen) atoms. The van der Waals surface area contributed by atoms with Crippen LogP contribution in [-0.2, 0) is 14.8 Å². The fraction of sp³-hybridized carbons (Fsp3) is 0.350. The van der Waals surface area contributed by atoms with Crippen molar-refractivity contribution in [1.29, 1.82) is 0 Å². The highest BCUT2D eigenvalue weighted by molar-refractivity contribution is 7.89. The number of carbonyl (C=O) groups excluding carboxylic acids is 1. The summed E-state index contributed by atoms with van der Waals surface area (Å²) in [5.41, 5.74) is 2.02. The second-order valence-electron chi connectivity index (χ2n) is 6.09. The van der Waals surface area contributed by atoms with Crippen LogP contribution >= 0.6 is 0 Å². The zero-order chi connectivity index (χ0) is 20.6. The van der Waals surface area contributed by atoms with E-state index in [0.717, 1.165) is 5.69 Å². The van der Waals surface area contributed by atoms with Gasteiger partial charge in [-0.05, 0) is 37.3 Å². The van der Waals surface area contributed by atoms with Crippen molar-refractivity contribution >= 4 is 33.0 Å². The van der Waals surface area contributed by atoms with Crippen LogP contribution in [-0.4, -0.2) is 44.8 Å². The Morgan fingerprint density at radius 2 is 1.61 bits per heavy atom. The van der Waals surface area contributed by atoms with Crippen molar-refractivity contribution in [3.05, 3.63) is 48.5 Å². The quantitative estimate of drug-likeness (QED) is 0.566. The van der Waals surface area contributed by atoms with Crippen LogP contribution in [0.3, 0.4) is 0 Å². The maximum atomic E-state index is 12.8. The summed E-state index contributed by atoms with van der Waals surface area (Å²) in [5, 5.41) is 9.03. The van der Waals surface area contributed by atoms with Gasteiger partial charge < -0.3 is 16.0 Å². The van der Waals surface area contributed by atoms with Gasteiger partial charge >= 0.3 is 0 Å². The molecule has 2 aromatic carbocycles. The topological polar surface area (TPSA) is 90.5 Å². The first-order valence-electron chi connectivity index (χ1n) is 9.39. The van der Waals surface area contributed by atoms with Gasteiger partial charge in [0.25, 0.3) is 0 Å². The Kier molecular flexibility index (Phi) is 7.83. The first kappa shape index (κ1) is 21.7. The average Bonchev–Trinajstić information content (AvgIpc) is 2.69. The number of nitrogens with one attached hydrogen (secondary N) is 3. The second kappa shape index (κ2) is 10.1. The molecule has 3 N–H and O–H groups in total. The highest BCUT2D eigenvalue weighted by atomic mass is 32.2. The van der Waals surface area contributed by atoms with E-state index in [1.54, 1.807) is 44.2 Å². The number of rotatable bonds is 10. The molecule has 0 saturated heterocycles. The van der Waals surface area contributed by atoms with Gasteiger partial charge in [-0.15, -0.1) is 0 Å². The summed E-state index contributed by atoms with van der Waals surface area (Å²) in [6.45, 7) is 7.05. The van der Waals surface area contributed by atoms with E-state index < -0.39 is 10.0 Å². The van der Waals surface area contributed by atoms with Gasteiger partial charge in [-0.25, -0.2) is 8.42 Å². The number of hydrogen-bond acceptors (Lipinski definition) is 5. The van der Waals surface area contributed by atoms with Gasteiger partial charge in [0, 0.05) is 25.3 Å². The highest BCUT2D eigenvalue weighted by Gasteiger charge is 2.22. The van der Waals surface area contributed by atoms with E-state index in [4.69, 9.17) is 0 Å². The molecule has 7 nitrogen and oxygen atoms in total. The number of sulfonamides is 1. The van der Waals surface area contributed by atoms with Crippen LogP contribution in [0, 0.1) is 0 Å². The third-order valence-corrected chi connectivity index (χ3v) is 6.24. The van der Waals surface area contributed by atoms with Crippen molar-refractivity contribution in [3.63, 3.8) is 0 Å². The van der Waals surface area contributed by atoms with Crippen molar-refractivity contribution in [2.45, 2.75) is 25.7 Å². The monoisotopic (exact) mass is 404 g/mol. The van der Waals surface area contributed by atoms with E-state index in [-0.39, 0.29) is 17.3 Å². The molecular formula is C20H28N4O3S. The van der Waals surface area contributed by atoms with Crippen LogP contribution in [0.2, 0.25) is 0 Å². The third kappa shape index (κ3) is 5.46. The molecule has 2 rings (SSSR count). The summed E-state index contributed by atoms with van der Waals surface area (Å²) >= 11 is 0. The molecule has 2 aromatic rings. The molecule has 0 bridgehead atoms. The molecule has 0 atom stereocenters. The van der Waals surface area contributed by atoms with E-state index in [9.17, 15) is 13.2 Å². The summed E-state index contributed by atoms with van der Waals surface area (Å²) in [4.78, 5) is 12.4.